The molecule has 2 atom stereocenters. The van der Waals surface area contributed by atoms with Gasteiger partial charge in [-0.1, -0.05) is 43.2 Å². The molecule has 1 aromatic rings. The Morgan fingerprint density at radius 1 is 1.10 bits per heavy atom. The van der Waals surface area contributed by atoms with E-state index in [9.17, 15) is 4.79 Å². The molecule has 1 unspecified atom stereocenters. The lowest BCUT2D eigenvalue weighted by Gasteiger charge is -2.31. The fraction of sp³-hybridized carbons (Fsp3) is 0.588. The molecule has 0 spiro atoms. The van der Waals surface area contributed by atoms with Gasteiger partial charge in [-0.3, -0.25) is 4.79 Å². The van der Waals surface area contributed by atoms with Gasteiger partial charge in [0.15, 0.2) is 0 Å². The Kier molecular flexibility index (Phi) is 4.06. The minimum absolute atomic E-state index is 0.116. The average Bonchev–Trinajstić information content (AvgIpc) is 3.16. The minimum Gasteiger partial charge on any atom is -0.338 e. The van der Waals surface area contributed by atoms with Crippen LogP contribution in [0.1, 0.15) is 50.1 Å². The van der Waals surface area contributed by atoms with E-state index < -0.39 is 6.04 Å². The van der Waals surface area contributed by atoms with Crippen molar-refractivity contribution in [2.45, 2.75) is 50.6 Å². The van der Waals surface area contributed by atoms with Gasteiger partial charge < -0.3 is 10.6 Å². The highest BCUT2D eigenvalue weighted by molar-refractivity contribution is 5.83. The standard InChI is InChI=1S/C17H24N2O/c18-16(14-9-2-1-3-10-14)17(20)19-12-6-11-15(19)13-7-4-5-8-13/h1-3,9-10,13,15-16H,4-8,11-12,18H2/t15?,16-/m0/s1. The lowest BCUT2D eigenvalue weighted by atomic mass is 9.95. The first-order valence-electron chi connectivity index (χ1n) is 7.88. The van der Waals surface area contributed by atoms with Crippen LogP contribution in [0.2, 0.25) is 0 Å². The van der Waals surface area contributed by atoms with E-state index in [4.69, 9.17) is 5.73 Å². The van der Waals surface area contributed by atoms with Crippen LogP contribution in [0.25, 0.3) is 0 Å². The van der Waals surface area contributed by atoms with Gasteiger partial charge >= 0.3 is 0 Å². The maximum atomic E-state index is 12.7. The summed E-state index contributed by atoms with van der Waals surface area (Å²) in [6.45, 7) is 0.889. The maximum Gasteiger partial charge on any atom is 0.244 e. The van der Waals surface area contributed by atoms with Gasteiger partial charge in [0.05, 0.1) is 0 Å². The molecule has 1 aliphatic carbocycles. The second-order valence-corrected chi connectivity index (χ2v) is 6.17. The zero-order valence-electron chi connectivity index (χ0n) is 12.0. The van der Waals surface area contributed by atoms with Gasteiger partial charge in [-0.25, -0.2) is 0 Å². The van der Waals surface area contributed by atoms with Crippen LogP contribution in [0.4, 0.5) is 0 Å². The Morgan fingerprint density at radius 3 is 2.50 bits per heavy atom. The smallest absolute Gasteiger partial charge is 0.244 e. The molecule has 3 rings (SSSR count). The summed E-state index contributed by atoms with van der Waals surface area (Å²) in [7, 11) is 0. The highest BCUT2D eigenvalue weighted by Gasteiger charge is 2.37. The Hall–Kier alpha value is -1.35. The summed E-state index contributed by atoms with van der Waals surface area (Å²) in [6, 6.07) is 9.68. The van der Waals surface area contributed by atoms with E-state index in [1.54, 1.807) is 0 Å². The van der Waals surface area contributed by atoms with Crippen LogP contribution >= 0.6 is 0 Å². The molecule has 2 N–H and O–H groups in total. The predicted octanol–water partition coefficient (Wildman–Crippen LogP) is 2.87. The van der Waals surface area contributed by atoms with E-state index in [0.717, 1.165) is 24.9 Å². The number of carbonyl (C=O) groups excluding carboxylic acids is 1. The first-order valence-corrected chi connectivity index (χ1v) is 7.88. The topological polar surface area (TPSA) is 46.3 Å². The van der Waals surface area contributed by atoms with Crippen molar-refractivity contribution in [1.82, 2.24) is 4.90 Å². The molecule has 1 saturated heterocycles. The number of carbonyl (C=O) groups is 1. The van der Waals surface area contributed by atoms with Crippen LogP contribution < -0.4 is 5.73 Å². The molecule has 2 fully saturated rings. The summed E-state index contributed by atoms with van der Waals surface area (Å²) in [5.74, 6) is 0.829. The molecule has 2 aliphatic rings. The van der Waals surface area contributed by atoms with Crippen molar-refractivity contribution in [3.05, 3.63) is 35.9 Å². The molecule has 1 aromatic carbocycles. The van der Waals surface area contributed by atoms with Crippen LogP contribution in [-0.2, 0) is 4.79 Å². The molecular formula is C17H24N2O. The van der Waals surface area contributed by atoms with Gasteiger partial charge in [0.2, 0.25) is 5.91 Å². The molecule has 20 heavy (non-hydrogen) atoms. The molecule has 3 heteroatoms. The van der Waals surface area contributed by atoms with Gasteiger partial charge in [0.1, 0.15) is 6.04 Å². The lowest BCUT2D eigenvalue weighted by Crippen LogP contribution is -2.44. The summed E-state index contributed by atoms with van der Waals surface area (Å²) < 4.78 is 0. The van der Waals surface area contributed by atoms with Crippen LogP contribution in [0, 0.1) is 5.92 Å². The molecule has 1 amide bonds. The fourth-order valence-electron chi connectivity index (χ4n) is 3.88. The van der Waals surface area contributed by atoms with Crippen LogP contribution in [0.15, 0.2) is 30.3 Å². The van der Waals surface area contributed by atoms with E-state index in [1.807, 2.05) is 30.3 Å². The van der Waals surface area contributed by atoms with Crippen molar-refractivity contribution < 1.29 is 4.79 Å². The van der Waals surface area contributed by atoms with Crippen molar-refractivity contribution >= 4 is 5.91 Å². The minimum atomic E-state index is -0.502. The lowest BCUT2D eigenvalue weighted by molar-refractivity contribution is -0.134. The fourth-order valence-corrected chi connectivity index (χ4v) is 3.88. The van der Waals surface area contributed by atoms with E-state index in [1.165, 1.54) is 25.7 Å². The summed E-state index contributed by atoms with van der Waals surface area (Å²) in [6.07, 6.45) is 7.53. The van der Waals surface area contributed by atoms with Gasteiger partial charge in [-0.05, 0) is 37.2 Å². The molecular weight excluding hydrogens is 248 g/mol. The highest BCUT2D eigenvalue weighted by Crippen LogP contribution is 2.36. The molecule has 3 nitrogen and oxygen atoms in total. The Morgan fingerprint density at radius 2 is 1.80 bits per heavy atom. The molecule has 0 bridgehead atoms. The van der Waals surface area contributed by atoms with Gasteiger partial charge in [-0.2, -0.15) is 0 Å². The summed E-state index contributed by atoms with van der Waals surface area (Å²) >= 11 is 0. The van der Waals surface area contributed by atoms with Crippen molar-refractivity contribution in [2.24, 2.45) is 11.7 Å². The highest BCUT2D eigenvalue weighted by atomic mass is 16.2. The number of hydrogen-bond donors (Lipinski definition) is 1. The first-order chi connectivity index (χ1) is 9.77. The second-order valence-electron chi connectivity index (χ2n) is 6.17. The summed E-state index contributed by atoms with van der Waals surface area (Å²) in [4.78, 5) is 14.8. The Balaban J connectivity index is 1.72. The largest absolute Gasteiger partial charge is 0.338 e. The monoisotopic (exact) mass is 272 g/mol. The summed E-state index contributed by atoms with van der Waals surface area (Å²) in [5.41, 5.74) is 7.11. The van der Waals surface area contributed by atoms with Crippen LogP contribution in [-0.4, -0.2) is 23.4 Å². The zero-order valence-corrected chi connectivity index (χ0v) is 12.0. The number of nitrogens with zero attached hydrogens (tertiary/aromatic N) is 1. The number of nitrogens with two attached hydrogens (primary N) is 1. The van der Waals surface area contributed by atoms with Crippen molar-refractivity contribution in [3.63, 3.8) is 0 Å². The third-order valence-electron chi connectivity index (χ3n) is 4.95. The van der Waals surface area contributed by atoms with Crippen molar-refractivity contribution in [1.29, 1.82) is 0 Å². The number of rotatable bonds is 3. The normalized spacial score (nSPS) is 25.1. The Labute approximate surface area is 121 Å². The van der Waals surface area contributed by atoms with Gasteiger partial charge in [0, 0.05) is 12.6 Å². The number of likely N-dealkylation sites (tertiary alicyclic amines) is 1. The molecule has 0 aromatic heterocycles. The van der Waals surface area contributed by atoms with E-state index in [2.05, 4.69) is 4.90 Å². The van der Waals surface area contributed by atoms with E-state index in [0.29, 0.717) is 12.0 Å². The number of benzene rings is 1. The van der Waals surface area contributed by atoms with Crippen LogP contribution in [0.3, 0.4) is 0 Å². The average molecular weight is 272 g/mol. The second kappa shape index (κ2) is 5.96. The molecule has 1 aliphatic heterocycles. The van der Waals surface area contributed by atoms with Crippen molar-refractivity contribution in [3.8, 4) is 0 Å². The van der Waals surface area contributed by atoms with Crippen molar-refractivity contribution in [2.75, 3.05) is 6.54 Å². The Bertz CT molecular complexity index is 453. The number of hydrogen-bond acceptors (Lipinski definition) is 2. The first kappa shape index (κ1) is 13.6. The third-order valence-corrected chi connectivity index (χ3v) is 4.95. The van der Waals surface area contributed by atoms with E-state index in [-0.39, 0.29) is 5.91 Å². The molecule has 0 radical (unpaired) electrons. The third kappa shape index (κ3) is 2.59. The maximum absolute atomic E-state index is 12.7. The summed E-state index contributed by atoms with van der Waals surface area (Å²) in [5, 5.41) is 0. The quantitative estimate of drug-likeness (QED) is 0.919. The predicted molar refractivity (Wildman–Crippen MR) is 80.1 cm³/mol. The molecule has 1 saturated carbocycles. The van der Waals surface area contributed by atoms with Gasteiger partial charge in [-0.15, -0.1) is 0 Å². The van der Waals surface area contributed by atoms with E-state index >= 15 is 0 Å². The molecule has 108 valence electrons. The number of amides is 1. The SMILES string of the molecule is N[C@H](C(=O)N1CCCC1C1CCCC1)c1ccccc1. The molecule has 1 heterocycles. The van der Waals surface area contributed by atoms with Crippen LogP contribution in [0.5, 0.6) is 0 Å². The zero-order chi connectivity index (χ0) is 13.9. The van der Waals surface area contributed by atoms with Gasteiger partial charge in [0.25, 0.3) is 0 Å².